The van der Waals surface area contributed by atoms with E-state index < -0.39 is 14.9 Å². The molecular formula is C17H18BrN3O4S. The fourth-order valence-electron chi connectivity index (χ4n) is 2.93. The number of benzene rings is 2. The van der Waals surface area contributed by atoms with Crippen molar-refractivity contribution in [2.24, 2.45) is 0 Å². The highest BCUT2D eigenvalue weighted by Crippen LogP contribution is 2.28. The van der Waals surface area contributed by atoms with Crippen LogP contribution in [0.15, 0.2) is 51.8 Å². The lowest BCUT2D eigenvalue weighted by atomic mass is 10.2. The third-order valence-corrected chi connectivity index (χ3v) is 7.24. The molecule has 138 valence electrons. The maximum atomic E-state index is 12.9. The molecule has 0 unspecified atom stereocenters. The average Bonchev–Trinajstić information content (AvgIpc) is 2.61. The van der Waals surface area contributed by atoms with E-state index in [0.717, 1.165) is 11.3 Å². The van der Waals surface area contributed by atoms with Gasteiger partial charge in [-0.15, -0.1) is 0 Å². The molecule has 0 radical (unpaired) electrons. The minimum absolute atomic E-state index is 0.0409. The van der Waals surface area contributed by atoms with E-state index in [9.17, 15) is 18.5 Å². The predicted octanol–water partition coefficient (Wildman–Crippen LogP) is 3.18. The molecule has 0 saturated carbocycles. The summed E-state index contributed by atoms with van der Waals surface area (Å²) >= 11 is 3.35. The van der Waals surface area contributed by atoms with E-state index in [-0.39, 0.29) is 10.6 Å². The van der Waals surface area contributed by atoms with Gasteiger partial charge in [-0.2, -0.15) is 4.31 Å². The molecule has 0 aromatic heterocycles. The Morgan fingerprint density at radius 1 is 1.04 bits per heavy atom. The predicted molar refractivity (Wildman–Crippen MR) is 103 cm³/mol. The van der Waals surface area contributed by atoms with Gasteiger partial charge in [0.2, 0.25) is 10.0 Å². The molecule has 1 aliphatic rings. The van der Waals surface area contributed by atoms with Crippen LogP contribution in [0.1, 0.15) is 5.56 Å². The quantitative estimate of drug-likeness (QED) is 0.539. The Morgan fingerprint density at radius 2 is 1.65 bits per heavy atom. The number of aryl methyl sites for hydroxylation is 1. The van der Waals surface area contributed by atoms with Gasteiger partial charge in [0.05, 0.1) is 9.82 Å². The van der Waals surface area contributed by atoms with Gasteiger partial charge in [0.25, 0.3) is 5.69 Å². The second-order valence-corrected chi connectivity index (χ2v) is 8.86. The first-order valence-electron chi connectivity index (χ1n) is 8.05. The largest absolute Gasteiger partial charge is 0.369 e. The highest BCUT2D eigenvalue weighted by Gasteiger charge is 2.30. The fourth-order valence-corrected chi connectivity index (χ4v) is 5.50. The SMILES string of the molecule is Cc1ccc(S(=O)(=O)N2CCN(c3ccc([N+](=O)[O-])cc3)CC2)c(Br)c1. The molecule has 1 heterocycles. The van der Waals surface area contributed by atoms with Crippen molar-refractivity contribution >= 4 is 37.3 Å². The van der Waals surface area contributed by atoms with Crippen LogP contribution in [-0.4, -0.2) is 43.8 Å². The topological polar surface area (TPSA) is 83.8 Å². The van der Waals surface area contributed by atoms with Crippen molar-refractivity contribution in [1.82, 2.24) is 4.31 Å². The summed E-state index contributed by atoms with van der Waals surface area (Å²) in [7, 11) is -3.56. The van der Waals surface area contributed by atoms with Crippen LogP contribution in [0, 0.1) is 17.0 Å². The van der Waals surface area contributed by atoms with Crippen LogP contribution in [-0.2, 0) is 10.0 Å². The second kappa shape index (κ2) is 7.34. The van der Waals surface area contributed by atoms with Crippen LogP contribution in [0.25, 0.3) is 0 Å². The molecule has 7 nitrogen and oxygen atoms in total. The molecule has 0 amide bonds. The number of hydrogen-bond acceptors (Lipinski definition) is 5. The minimum atomic E-state index is -3.56. The summed E-state index contributed by atoms with van der Waals surface area (Å²) < 4.78 is 27.8. The summed E-state index contributed by atoms with van der Waals surface area (Å²) in [4.78, 5) is 12.6. The molecule has 0 spiro atoms. The lowest BCUT2D eigenvalue weighted by Crippen LogP contribution is -2.48. The fraction of sp³-hybridized carbons (Fsp3) is 0.294. The second-order valence-electron chi connectivity index (χ2n) is 6.10. The Labute approximate surface area is 160 Å². The van der Waals surface area contributed by atoms with E-state index in [2.05, 4.69) is 15.9 Å². The number of nitrogens with zero attached hydrogens (tertiary/aromatic N) is 3. The van der Waals surface area contributed by atoms with E-state index in [1.165, 1.54) is 16.4 Å². The molecule has 0 bridgehead atoms. The van der Waals surface area contributed by atoms with E-state index in [1.807, 2.05) is 11.8 Å². The number of nitro benzene ring substituents is 1. The molecule has 1 aliphatic heterocycles. The monoisotopic (exact) mass is 439 g/mol. The van der Waals surface area contributed by atoms with Gasteiger partial charge in [-0.05, 0) is 52.7 Å². The van der Waals surface area contributed by atoms with E-state index in [0.29, 0.717) is 30.7 Å². The Bertz CT molecular complexity index is 924. The van der Waals surface area contributed by atoms with Crippen molar-refractivity contribution in [2.45, 2.75) is 11.8 Å². The lowest BCUT2D eigenvalue weighted by Gasteiger charge is -2.35. The van der Waals surface area contributed by atoms with Crippen molar-refractivity contribution in [1.29, 1.82) is 0 Å². The van der Waals surface area contributed by atoms with Gasteiger partial charge in [0, 0.05) is 48.5 Å². The Morgan fingerprint density at radius 3 is 2.19 bits per heavy atom. The summed E-state index contributed by atoms with van der Waals surface area (Å²) in [5.74, 6) is 0. The van der Waals surface area contributed by atoms with Gasteiger partial charge in [0.1, 0.15) is 0 Å². The van der Waals surface area contributed by atoms with Crippen molar-refractivity contribution in [3.63, 3.8) is 0 Å². The molecule has 0 N–H and O–H groups in total. The summed E-state index contributed by atoms with van der Waals surface area (Å²) in [6.45, 7) is 3.68. The lowest BCUT2D eigenvalue weighted by molar-refractivity contribution is -0.384. The van der Waals surface area contributed by atoms with E-state index in [4.69, 9.17) is 0 Å². The summed E-state index contributed by atoms with van der Waals surface area (Å²) in [6, 6.07) is 11.5. The smallest absolute Gasteiger partial charge is 0.269 e. The van der Waals surface area contributed by atoms with Gasteiger partial charge in [-0.3, -0.25) is 10.1 Å². The number of nitro groups is 1. The zero-order chi connectivity index (χ0) is 18.9. The van der Waals surface area contributed by atoms with Crippen molar-refractivity contribution in [2.75, 3.05) is 31.1 Å². The standard InChI is InChI=1S/C17H18BrN3O4S/c1-13-2-7-17(16(18)12-13)26(24,25)20-10-8-19(9-11-20)14-3-5-15(6-4-14)21(22)23/h2-7,12H,8-11H2,1H3. The normalized spacial score (nSPS) is 15.8. The summed E-state index contributed by atoms with van der Waals surface area (Å²) in [5, 5.41) is 10.7. The minimum Gasteiger partial charge on any atom is -0.369 e. The van der Waals surface area contributed by atoms with Gasteiger partial charge >= 0.3 is 0 Å². The number of piperazine rings is 1. The third-order valence-electron chi connectivity index (χ3n) is 4.37. The van der Waals surface area contributed by atoms with Crippen LogP contribution < -0.4 is 4.90 Å². The van der Waals surface area contributed by atoms with Gasteiger partial charge in [0.15, 0.2) is 0 Å². The van der Waals surface area contributed by atoms with Crippen LogP contribution >= 0.6 is 15.9 Å². The summed E-state index contributed by atoms with van der Waals surface area (Å²) in [6.07, 6.45) is 0. The van der Waals surface area contributed by atoms with Crippen LogP contribution in [0.5, 0.6) is 0 Å². The molecule has 2 aromatic rings. The Balaban J connectivity index is 1.72. The first-order chi connectivity index (χ1) is 12.3. The van der Waals surface area contributed by atoms with Gasteiger partial charge < -0.3 is 4.90 Å². The van der Waals surface area contributed by atoms with Crippen LogP contribution in [0.3, 0.4) is 0 Å². The molecule has 0 atom stereocenters. The molecule has 1 saturated heterocycles. The van der Waals surface area contributed by atoms with E-state index >= 15 is 0 Å². The average molecular weight is 440 g/mol. The number of sulfonamides is 1. The first kappa shape index (κ1) is 18.8. The number of hydrogen-bond donors (Lipinski definition) is 0. The van der Waals surface area contributed by atoms with Gasteiger partial charge in [-0.1, -0.05) is 6.07 Å². The maximum Gasteiger partial charge on any atom is 0.269 e. The Kier molecular flexibility index (Phi) is 5.31. The zero-order valence-corrected chi connectivity index (χ0v) is 16.5. The molecule has 2 aromatic carbocycles. The van der Waals surface area contributed by atoms with Crippen LogP contribution in [0.4, 0.5) is 11.4 Å². The highest BCUT2D eigenvalue weighted by molar-refractivity contribution is 9.10. The number of halogens is 1. The summed E-state index contributed by atoms with van der Waals surface area (Å²) in [5.41, 5.74) is 1.88. The zero-order valence-electron chi connectivity index (χ0n) is 14.1. The van der Waals surface area contributed by atoms with E-state index in [1.54, 1.807) is 30.3 Å². The molecule has 9 heteroatoms. The number of anilines is 1. The van der Waals surface area contributed by atoms with Gasteiger partial charge in [-0.25, -0.2) is 8.42 Å². The van der Waals surface area contributed by atoms with Crippen molar-refractivity contribution < 1.29 is 13.3 Å². The highest BCUT2D eigenvalue weighted by atomic mass is 79.9. The van der Waals surface area contributed by atoms with Crippen LogP contribution in [0.2, 0.25) is 0 Å². The number of non-ortho nitro benzene ring substituents is 1. The molecule has 3 rings (SSSR count). The third kappa shape index (κ3) is 3.74. The van der Waals surface area contributed by atoms with Crippen molar-refractivity contribution in [3.05, 3.63) is 62.6 Å². The molecule has 26 heavy (non-hydrogen) atoms. The Hall–Kier alpha value is -1.97. The maximum absolute atomic E-state index is 12.9. The molecule has 0 aliphatic carbocycles. The van der Waals surface area contributed by atoms with Crippen molar-refractivity contribution in [3.8, 4) is 0 Å². The number of rotatable bonds is 4. The molecular weight excluding hydrogens is 422 g/mol. The first-order valence-corrected chi connectivity index (χ1v) is 10.3. The molecule has 1 fully saturated rings.